The van der Waals surface area contributed by atoms with Gasteiger partial charge in [0.1, 0.15) is 14.1 Å². The molecule has 0 bridgehead atoms. The van der Waals surface area contributed by atoms with Crippen LogP contribution >= 0.6 is 0 Å². The third kappa shape index (κ3) is 6.91. The van der Waals surface area contributed by atoms with E-state index in [4.69, 9.17) is 11.5 Å². The fourth-order valence-electron chi connectivity index (χ4n) is 4.33. The van der Waals surface area contributed by atoms with Gasteiger partial charge in [0.05, 0.1) is 22.3 Å². The van der Waals surface area contributed by atoms with Crippen molar-refractivity contribution < 1.29 is 61.9 Å². The molecule has 5 rings (SSSR count). The van der Waals surface area contributed by atoms with Crippen LogP contribution in [0, 0.1) is 6.92 Å². The Bertz CT molecular complexity index is 1660. The van der Waals surface area contributed by atoms with E-state index < -0.39 is 0 Å². The van der Waals surface area contributed by atoms with Gasteiger partial charge in [0.2, 0.25) is 5.52 Å². The minimum Gasteiger partial charge on any atom is -1.00 e. The topological polar surface area (TPSA) is 113 Å². The van der Waals surface area contributed by atoms with E-state index in [1.54, 1.807) is 12.1 Å². The van der Waals surface area contributed by atoms with Crippen LogP contribution in [-0.4, -0.2) is 5.91 Å². The summed E-state index contributed by atoms with van der Waals surface area (Å²) in [6, 6.07) is 24.8. The first-order valence-electron chi connectivity index (χ1n) is 12.3. The van der Waals surface area contributed by atoms with Gasteiger partial charge in [-0.3, -0.25) is 4.79 Å². The van der Waals surface area contributed by atoms with Crippen molar-refractivity contribution in [2.75, 3.05) is 27.4 Å². The number of amides is 1. The molecule has 0 aliphatic rings. The Morgan fingerprint density at radius 2 is 1.35 bits per heavy atom. The Morgan fingerprint density at radius 1 is 0.725 bits per heavy atom. The Labute approximate surface area is 267 Å². The molecular formula is C30H31I2N7O. The number of anilines is 7. The predicted molar refractivity (Wildman–Crippen MR) is 154 cm³/mol. The maximum absolute atomic E-state index is 13.0. The number of pyridine rings is 2. The SMILES string of the molecule is Cc1cc(Nc2ccc(C(=O)Nc3ccc(Nc4cc[n+](C)cc4)cc3)c(N)c2)c2cc(N)ccc2[n+]1C.[I-].[I-]. The molecule has 40 heavy (non-hydrogen) atoms. The average molecular weight is 759 g/mol. The summed E-state index contributed by atoms with van der Waals surface area (Å²) in [5.41, 5.74) is 20.3. The van der Waals surface area contributed by atoms with Gasteiger partial charge in [-0.25, -0.2) is 4.57 Å². The highest BCUT2D eigenvalue weighted by Gasteiger charge is 2.16. The lowest BCUT2D eigenvalue weighted by atomic mass is 10.1. The molecule has 8 nitrogen and oxygen atoms in total. The van der Waals surface area contributed by atoms with Crippen molar-refractivity contribution in [1.82, 2.24) is 0 Å². The number of nitrogens with two attached hydrogens (primary N) is 2. The monoisotopic (exact) mass is 759 g/mol. The van der Waals surface area contributed by atoms with Crippen molar-refractivity contribution in [3.63, 3.8) is 0 Å². The van der Waals surface area contributed by atoms with Crippen LogP contribution in [0.4, 0.5) is 39.8 Å². The van der Waals surface area contributed by atoms with Crippen LogP contribution in [-0.2, 0) is 14.1 Å². The molecule has 0 atom stereocenters. The summed E-state index contributed by atoms with van der Waals surface area (Å²) in [6.07, 6.45) is 3.95. The summed E-state index contributed by atoms with van der Waals surface area (Å²) >= 11 is 0. The van der Waals surface area contributed by atoms with Gasteiger partial charge in [0.15, 0.2) is 18.1 Å². The van der Waals surface area contributed by atoms with E-state index in [2.05, 4.69) is 26.6 Å². The summed E-state index contributed by atoms with van der Waals surface area (Å²) in [6.45, 7) is 2.05. The average Bonchev–Trinajstić information content (AvgIpc) is 2.89. The zero-order chi connectivity index (χ0) is 26.8. The number of rotatable bonds is 6. The number of carbonyl (C=O) groups excluding carboxylic acids is 1. The molecule has 0 saturated heterocycles. The molecule has 0 fully saturated rings. The zero-order valence-electron chi connectivity index (χ0n) is 22.4. The number of nitrogens with one attached hydrogen (secondary N) is 3. The molecule has 1 amide bonds. The fourth-order valence-corrected chi connectivity index (χ4v) is 4.33. The van der Waals surface area contributed by atoms with Gasteiger partial charge in [-0.1, -0.05) is 0 Å². The third-order valence-electron chi connectivity index (χ3n) is 6.54. The van der Waals surface area contributed by atoms with Crippen LogP contribution in [0.3, 0.4) is 0 Å². The molecule has 0 aliphatic carbocycles. The highest BCUT2D eigenvalue weighted by molar-refractivity contribution is 6.08. The number of nitrogen functional groups attached to an aromatic ring is 2. The Hall–Kier alpha value is -3.65. The van der Waals surface area contributed by atoms with Gasteiger partial charge >= 0.3 is 0 Å². The standard InChI is InChI=1S/C30H29N7O.2HI/c1-19-16-28(26-17-20(31)4-11-29(26)37(19)3)34-24-9-10-25(27(32)18-24)30(38)35-22-7-5-21(6-8-22)33-23-12-14-36(2)15-13-23;;/h4-18H,31H2,1-3H3,(H3,32,35,38);2*1H. The highest BCUT2D eigenvalue weighted by Crippen LogP contribution is 2.29. The van der Waals surface area contributed by atoms with Gasteiger partial charge in [-0.05, 0) is 54.6 Å². The van der Waals surface area contributed by atoms with Crippen LogP contribution in [0.15, 0.2) is 91.3 Å². The van der Waals surface area contributed by atoms with Crippen LogP contribution < -0.4 is 84.5 Å². The van der Waals surface area contributed by atoms with Crippen molar-refractivity contribution in [3.8, 4) is 0 Å². The number of aromatic nitrogens is 2. The molecule has 7 N–H and O–H groups in total. The minimum atomic E-state index is -0.272. The number of hydrogen-bond acceptors (Lipinski definition) is 5. The largest absolute Gasteiger partial charge is 1.00 e. The highest BCUT2D eigenvalue weighted by atomic mass is 127. The van der Waals surface area contributed by atoms with E-state index in [0.717, 1.165) is 39.3 Å². The molecule has 2 aromatic heterocycles. The smallest absolute Gasteiger partial charge is 0.257 e. The molecule has 2 heterocycles. The maximum atomic E-state index is 13.0. The number of hydrogen-bond donors (Lipinski definition) is 5. The molecule has 3 aromatic carbocycles. The lowest BCUT2D eigenvalue weighted by molar-refractivity contribution is -0.671. The number of halogens is 2. The van der Waals surface area contributed by atoms with Gasteiger partial charge in [-0.15, -0.1) is 0 Å². The molecule has 0 aliphatic heterocycles. The first-order chi connectivity index (χ1) is 18.3. The summed E-state index contributed by atoms with van der Waals surface area (Å²) in [5.74, 6) is -0.272. The molecule has 5 aromatic rings. The molecule has 0 spiro atoms. The van der Waals surface area contributed by atoms with Crippen molar-refractivity contribution in [1.29, 1.82) is 0 Å². The van der Waals surface area contributed by atoms with Crippen LogP contribution in [0.25, 0.3) is 10.9 Å². The predicted octanol–water partition coefficient (Wildman–Crippen LogP) is -1.29. The molecule has 0 radical (unpaired) electrons. The Kier molecular flexibility index (Phi) is 10.1. The normalized spacial score (nSPS) is 10.3. The minimum absolute atomic E-state index is 0. The number of aryl methyl sites for hydroxylation is 3. The van der Waals surface area contributed by atoms with Crippen LogP contribution in [0.1, 0.15) is 16.1 Å². The Morgan fingerprint density at radius 3 is 2.02 bits per heavy atom. The molecule has 10 heteroatoms. The van der Waals surface area contributed by atoms with Gasteiger partial charge in [-0.2, -0.15) is 4.57 Å². The lowest BCUT2D eigenvalue weighted by Crippen LogP contribution is -3.00. The van der Waals surface area contributed by atoms with Crippen LogP contribution in [0.2, 0.25) is 0 Å². The van der Waals surface area contributed by atoms with Crippen molar-refractivity contribution >= 4 is 56.6 Å². The fraction of sp³-hybridized carbons (Fsp3) is 0.100. The van der Waals surface area contributed by atoms with Crippen LogP contribution in [0.5, 0.6) is 0 Å². The van der Waals surface area contributed by atoms with E-state index >= 15 is 0 Å². The Balaban J connectivity index is 0.00000220. The third-order valence-corrected chi connectivity index (χ3v) is 6.54. The molecule has 206 valence electrons. The maximum Gasteiger partial charge on any atom is 0.257 e. The van der Waals surface area contributed by atoms with E-state index in [9.17, 15) is 4.79 Å². The quantitative estimate of drug-likeness (QED) is 0.0842. The number of benzene rings is 3. The molecular weight excluding hydrogens is 728 g/mol. The number of carbonyl (C=O) groups is 1. The van der Waals surface area contributed by atoms with Gasteiger partial charge < -0.3 is 75.4 Å². The summed E-state index contributed by atoms with van der Waals surface area (Å²) < 4.78 is 4.09. The van der Waals surface area contributed by atoms with Gasteiger partial charge in [0, 0.05) is 59.6 Å². The second-order valence-electron chi connectivity index (χ2n) is 9.37. The number of fused-ring (bicyclic) bond motifs is 1. The van der Waals surface area contributed by atoms with E-state index in [0.29, 0.717) is 22.6 Å². The van der Waals surface area contributed by atoms with E-state index in [1.165, 1.54) is 0 Å². The molecule has 0 saturated carbocycles. The van der Waals surface area contributed by atoms with Crippen molar-refractivity contribution in [2.45, 2.75) is 6.92 Å². The first-order valence-corrected chi connectivity index (χ1v) is 12.3. The first kappa shape index (κ1) is 30.9. The number of nitrogens with zero attached hydrogens (tertiary/aromatic N) is 2. The van der Waals surface area contributed by atoms with E-state index in [1.807, 2.05) is 98.6 Å². The van der Waals surface area contributed by atoms with Gasteiger partial charge in [0.25, 0.3) is 5.91 Å². The summed E-state index contributed by atoms with van der Waals surface area (Å²) in [4.78, 5) is 13.0. The lowest BCUT2D eigenvalue weighted by Gasteiger charge is -2.13. The van der Waals surface area contributed by atoms with Crippen molar-refractivity contribution in [2.24, 2.45) is 14.1 Å². The molecule has 0 unspecified atom stereocenters. The van der Waals surface area contributed by atoms with E-state index in [-0.39, 0.29) is 53.9 Å². The summed E-state index contributed by atoms with van der Waals surface area (Å²) in [5, 5.41) is 10.7. The summed E-state index contributed by atoms with van der Waals surface area (Å²) in [7, 11) is 4.00. The zero-order valence-corrected chi connectivity index (χ0v) is 26.7. The second-order valence-corrected chi connectivity index (χ2v) is 9.37. The second kappa shape index (κ2) is 13.1. The van der Waals surface area contributed by atoms with Crippen molar-refractivity contribution in [3.05, 3.63) is 103 Å².